The SMILES string of the molecule is CC(C)(C)OC(=O)N1CCC(n2cnc(-c3cc(-c4ccccc4OCc4ccccc4)nnc3N)c2)CC1. The van der Waals surface area contributed by atoms with E-state index in [9.17, 15) is 4.79 Å². The normalized spacial score (nSPS) is 14.3. The number of imidazole rings is 1. The number of aromatic nitrogens is 4. The van der Waals surface area contributed by atoms with E-state index in [-0.39, 0.29) is 12.1 Å². The lowest BCUT2D eigenvalue weighted by Crippen LogP contribution is -2.42. The third-order valence-electron chi connectivity index (χ3n) is 6.64. The number of benzene rings is 2. The Kier molecular flexibility index (Phi) is 7.49. The zero-order valence-corrected chi connectivity index (χ0v) is 22.6. The van der Waals surface area contributed by atoms with Crippen LogP contribution in [0.15, 0.2) is 73.2 Å². The molecule has 2 aromatic heterocycles. The summed E-state index contributed by atoms with van der Waals surface area (Å²) in [7, 11) is 0. The summed E-state index contributed by atoms with van der Waals surface area (Å²) in [6, 6.07) is 19.9. The van der Waals surface area contributed by atoms with Gasteiger partial charge in [-0.05, 0) is 57.4 Å². The van der Waals surface area contributed by atoms with Gasteiger partial charge in [0.05, 0.1) is 17.7 Å². The van der Waals surface area contributed by atoms with Crippen LogP contribution in [-0.2, 0) is 11.3 Å². The first-order valence-corrected chi connectivity index (χ1v) is 13.2. The van der Waals surface area contributed by atoms with Gasteiger partial charge in [0, 0.05) is 36.5 Å². The molecule has 1 aliphatic rings. The van der Waals surface area contributed by atoms with E-state index in [1.54, 1.807) is 4.90 Å². The topological polar surface area (TPSA) is 108 Å². The molecule has 0 radical (unpaired) electrons. The van der Waals surface area contributed by atoms with E-state index in [1.165, 1.54) is 0 Å². The average molecular weight is 527 g/mol. The first-order valence-electron chi connectivity index (χ1n) is 13.2. The number of anilines is 1. The fourth-order valence-electron chi connectivity index (χ4n) is 4.63. The highest BCUT2D eigenvalue weighted by Crippen LogP contribution is 2.33. The minimum atomic E-state index is -0.501. The monoisotopic (exact) mass is 526 g/mol. The zero-order valence-electron chi connectivity index (χ0n) is 22.6. The maximum absolute atomic E-state index is 12.4. The van der Waals surface area contributed by atoms with Crippen molar-refractivity contribution in [3.8, 4) is 28.3 Å². The number of piperidine rings is 1. The van der Waals surface area contributed by atoms with Crippen molar-refractivity contribution in [2.75, 3.05) is 18.8 Å². The number of para-hydroxylation sites is 1. The van der Waals surface area contributed by atoms with Gasteiger partial charge in [0.2, 0.25) is 0 Å². The highest BCUT2D eigenvalue weighted by Gasteiger charge is 2.28. The van der Waals surface area contributed by atoms with Crippen molar-refractivity contribution in [3.05, 3.63) is 78.8 Å². The Morgan fingerprint density at radius 2 is 1.69 bits per heavy atom. The van der Waals surface area contributed by atoms with Gasteiger partial charge in [0.15, 0.2) is 5.82 Å². The van der Waals surface area contributed by atoms with Crippen LogP contribution < -0.4 is 10.5 Å². The molecule has 4 aromatic rings. The second-order valence-electron chi connectivity index (χ2n) is 10.7. The van der Waals surface area contributed by atoms with E-state index in [4.69, 9.17) is 15.2 Å². The van der Waals surface area contributed by atoms with E-state index < -0.39 is 5.60 Å². The number of amides is 1. The van der Waals surface area contributed by atoms with Gasteiger partial charge in [0.1, 0.15) is 18.0 Å². The summed E-state index contributed by atoms with van der Waals surface area (Å²) >= 11 is 0. The molecule has 1 amide bonds. The smallest absolute Gasteiger partial charge is 0.410 e. The molecule has 2 aromatic carbocycles. The average Bonchev–Trinajstić information content (AvgIpc) is 3.42. The molecule has 1 fully saturated rings. The molecule has 9 heteroatoms. The largest absolute Gasteiger partial charge is 0.488 e. The van der Waals surface area contributed by atoms with Crippen molar-refractivity contribution >= 4 is 11.9 Å². The summed E-state index contributed by atoms with van der Waals surface area (Å²) in [5.41, 5.74) is 9.75. The quantitative estimate of drug-likeness (QED) is 0.341. The van der Waals surface area contributed by atoms with Crippen molar-refractivity contribution in [2.24, 2.45) is 0 Å². The van der Waals surface area contributed by atoms with Crippen LogP contribution in [0.3, 0.4) is 0 Å². The highest BCUT2D eigenvalue weighted by molar-refractivity contribution is 5.77. The van der Waals surface area contributed by atoms with Crippen molar-refractivity contribution in [2.45, 2.75) is 51.9 Å². The van der Waals surface area contributed by atoms with Gasteiger partial charge in [-0.2, -0.15) is 0 Å². The molecular formula is C30H34N6O3. The number of nitrogens with zero attached hydrogens (tertiary/aromatic N) is 5. The summed E-state index contributed by atoms with van der Waals surface area (Å²) in [5.74, 6) is 1.03. The van der Waals surface area contributed by atoms with Crippen LogP contribution in [0.2, 0.25) is 0 Å². The molecule has 3 heterocycles. The number of hydrogen-bond acceptors (Lipinski definition) is 7. The van der Waals surface area contributed by atoms with E-state index in [0.717, 1.165) is 29.7 Å². The Morgan fingerprint density at radius 3 is 2.44 bits per heavy atom. The first kappa shape index (κ1) is 26.2. The number of carbonyl (C=O) groups is 1. The number of carbonyl (C=O) groups excluding carboxylic acids is 1. The van der Waals surface area contributed by atoms with Crippen LogP contribution in [0.1, 0.15) is 45.2 Å². The molecular weight excluding hydrogens is 492 g/mol. The van der Waals surface area contributed by atoms with Gasteiger partial charge < -0.3 is 24.7 Å². The summed E-state index contributed by atoms with van der Waals surface area (Å²) in [6.45, 7) is 7.36. The fourth-order valence-corrected chi connectivity index (χ4v) is 4.63. The van der Waals surface area contributed by atoms with Crippen LogP contribution in [-0.4, -0.2) is 49.4 Å². The number of nitrogen functional groups attached to an aromatic ring is 1. The summed E-state index contributed by atoms with van der Waals surface area (Å²) in [5, 5.41) is 8.59. The molecule has 9 nitrogen and oxygen atoms in total. The summed E-state index contributed by atoms with van der Waals surface area (Å²) in [4.78, 5) is 18.8. The van der Waals surface area contributed by atoms with Crippen molar-refractivity contribution in [1.82, 2.24) is 24.6 Å². The van der Waals surface area contributed by atoms with E-state index in [1.807, 2.05) is 94.0 Å². The van der Waals surface area contributed by atoms with Crippen LogP contribution in [0.25, 0.3) is 22.5 Å². The number of hydrogen-bond donors (Lipinski definition) is 1. The highest BCUT2D eigenvalue weighted by atomic mass is 16.6. The predicted octanol–water partition coefficient (Wildman–Crippen LogP) is 5.74. The third-order valence-corrected chi connectivity index (χ3v) is 6.64. The third kappa shape index (κ3) is 6.37. The Hall–Kier alpha value is -4.40. The van der Waals surface area contributed by atoms with Gasteiger partial charge in [-0.15, -0.1) is 10.2 Å². The molecule has 0 bridgehead atoms. The number of nitrogens with two attached hydrogens (primary N) is 1. The molecule has 0 aliphatic carbocycles. The maximum Gasteiger partial charge on any atom is 0.410 e. The molecule has 0 spiro atoms. The second kappa shape index (κ2) is 11.1. The lowest BCUT2D eigenvalue weighted by molar-refractivity contribution is 0.0188. The van der Waals surface area contributed by atoms with E-state index >= 15 is 0 Å². The minimum absolute atomic E-state index is 0.229. The van der Waals surface area contributed by atoms with E-state index in [2.05, 4.69) is 19.7 Å². The van der Waals surface area contributed by atoms with Crippen molar-refractivity contribution in [1.29, 1.82) is 0 Å². The Balaban J connectivity index is 1.31. The molecule has 0 saturated carbocycles. The lowest BCUT2D eigenvalue weighted by Gasteiger charge is -2.33. The van der Waals surface area contributed by atoms with Gasteiger partial charge in [-0.25, -0.2) is 9.78 Å². The molecule has 5 rings (SSSR count). The van der Waals surface area contributed by atoms with E-state index in [0.29, 0.717) is 42.5 Å². The minimum Gasteiger partial charge on any atom is -0.488 e. The lowest BCUT2D eigenvalue weighted by atomic mass is 10.1. The van der Waals surface area contributed by atoms with Gasteiger partial charge in [-0.1, -0.05) is 42.5 Å². The Labute approximate surface area is 228 Å². The summed E-state index contributed by atoms with van der Waals surface area (Å²) in [6.07, 6.45) is 5.18. The van der Waals surface area contributed by atoms with Crippen LogP contribution in [0.5, 0.6) is 5.75 Å². The van der Waals surface area contributed by atoms with Gasteiger partial charge in [-0.3, -0.25) is 0 Å². The maximum atomic E-state index is 12.4. The van der Waals surface area contributed by atoms with Gasteiger partial charge >= 0.3 is 6.09 Å². The molecule has 0 atom stereocenters. The fraction of sp³-hybridized carbons (Fsp3) is 0.333. The van der Waals surface area contributed by atoms with Crippen LogP contribution in [0, 0.1) is 0 Å². The second-order valence-corrected chi connectivity index (χ2v) is 10.7. The first-order chi connectivity index (χ1) is 18.8. The molecule has 1 aliphatic heterocycles. The molecule has 202 valence electrons. The van der Waals surface area contributed by atoms with Crippen molar-refractivity contribution < 1.29 is 14.3 Å². The molecule has 39 heavy (non-hydrogen) atoms. The molecule has 2 N–H and O–H groups in total. The van der Waals surface area contributed by atoms with Gasteiger partial charge in [0.25, 0.3) is 0 Å². The van der Waals surface area contributed by atoms with Crippen LogP contribution in [0.4, 0.5) is 10.6 Å². The molecule has 1 saturated heterocycles. The Morgan fingerprint density at radius 1 is 0.974 bits per heavy atom. The predicted molar refractivity (Wildman–Crippen MR) is 150 cm³/mol. The summed E-state index contributed by atoms with van der Waals surface area (Å²) < 4.78 is 13.7. The molecule has 0 unspecified atom stereocenters. The number of rotatable bonds is 6. The Bertz CT molecular complexity index is 1420. The van der Waals surface area contributed by atoms with Crippen molar-refractivity contribution in [3.63, 3.8) is 0 Å². The zero-order chi connectivity index (χ0) is 27.4. The standard InChI is InChI=1S/C30H34N6O3/c1-30(2,3)39-29(37)35-15-13-22(14-16-35)36-18-26(32-20-36)24-17-25(33-34-28(24)31)23-11-7-8-12-27(23)38-19-21-9-5-4-6-10-21/h4-12,17-18,20,22H,13-16,19H2,1-3H3,(H2,31,34). The number of ether oxygens (including phenoxy) is 2. The van der Waals surface area contributed by atoms with Crippen LogP contribution >= 0.6 is 0 Å². The number of likely N-dealkylation sites (tertiary alicyclic amines) is 1.